The van der Waals surface area contributed by atoms with Gasteiger partial charge in [0.25, 0.3) is 0 Å². The number of nitrogens with one attached hydrogen (secondary N) is 3. The summed E-state index contributed by atoms with van der Waals surface area (Å²) in [5.41, 5.74) is 3.48. The highest BCUT2D eigenvalue weighted by Gasteiger charge is 2.32. The quantitative estimate of drug-likeness (QED) is 0.168. The molecule has 5 aromatic rings. The normalized spacial score (nSPS) is 12.5. The largest absolute Gasteiger partial charge is 0.324 e. The van der Waals surface area contributed by atoms with E-state index in [2.05, 4.69) is 16.0 Å². The van der Waals surface area contributed by atoms with Crippen molar-refractivity contribution in [3.8, 4) is 0 Å². The number of amides is 3. The van der Waals surface area contributed by atoms with Gasteiger partial charge in [0.2, 0.25) is 5.91 Å². The molecular formula is C35H25N3O4S. The van der Waals surface area contributed by atoms with E-state index < -0.39 is 5.25 Å². The summed E-state index contributed by atoms with van der Waals surface area (Å²) in [5, 5.41) is 7.85. The van der Waals surface area contributed by atoms with Crippen LogP contribution in [0.2, 0.25) is 0 Å². The van der Waals surface area contributed by atoms with Crippen molar-refractivity contribution in [1.82, 2.24) is 0 Å². The maximum absolute atomic E-state index is 13.8. The Bertz CT molecular complexity index is 1840. The van der Waals surface area contributed by atoms with Crippen LogP contribution in [-0.4, -0.2) is 23.5 Å². The molecule has 210 valence electrons. The Morgan fingerprint density at radius 3 is 1.77 bits per heavy atom. The van der Waals surface area contributed by atoms with Crippen molar-refractivity contribution in [2.24, 2.45) is 0 Å². The van der Waals surface area contributed by atoms with Crippen LogP contribution in [0.25, 0.3) is 0 Å². The van der Waals surface area contributed by atoms with Crippen LogP contribution in [0, 0.1) is 0 Å². The topological polar surface area (TPSA) is 104 Å². The lowest BCUT2D eigenvalue weighted by Gasteiger charge is -2.22. The van der Waals surface area contributed by atoms with Crippen molar-refractivity contribution >= 4 is 52.3 Å². The fourth-order valence-corrected chi connectivity index (χ4v) is 5.94. The number of para-hydroxylation sites is 1. The fraction of sp³-hybridized carbons (Fsp3) is 0.0286. The van der Waals surface area contributed by atoms with Crippen molar-refractivity contribution in [2.75, 3.05) is 16.0 Å². The van der Waals surface area contributed by atoms with Crippen molar-refractivity contribution in [1.29, 1.82) is 0 Å². The number of fused-ring (bicyclic) bond motifs is 2. The van der Waals surface area contributed by atoms with Gasteiger partial charge in [-0.25, -0.2) is 4.79 Å². The van der Waals surface area contributed by atoms with Gasteiger partial charge in [-0.15, -0.1) is 11.8 Å². The molecule has 0 fully saturated rings. The summed E-state index contributed by atoms with van der Waals surface area (Å²) in [5.74, 6) is -0.890. The Hall–Kier alpha value is -5.47. The van der Waals surface area contributed by atoms with Crippen LogP contribution in [-0.2, 0) is 4.79 Å². The van der Waals surface area contributed by atoms with Crippen LogP contribution >= 0.6 is 11.8 Å². The molecule has 6 rings (SSSR count). The Morgan fingerprint density at radius 2 is 1.09 bits per heavy atom. The molecule has 3 N–H and O–H groups in total. The van der Waals surface area contributed by atoms with Gasteiger partial charge >= 0.3 is 6.03 Å². The summed E-state index contributed by atoms with van der Waals surface area (Å²) in [6.45, 7) is 0. The van der Waals surface area contributed by atoms with Gasteiger partial charge in [-0.3, -0.25) is 14.4 Å². The molecule has 1 aliphatic rings. The molecule has 0 aliphatic heterocycles. The number of benzene rings is 5. The summed E-state index contributed by atoms with van der Waals surface area (Å²) in [6.07, 6.45) is 0. The highest BCUT2D eigenvalue weighted by Crippen LogP contribution is 2.38. The Balaban J connectivity index is 1.22. The molecule has 1 atom stereocenters. The summed E-state index contributed by atoms with van der Waals surface area (Å²) in [6, 6.07) is 36.9. The zero-order valence-corrected chi connectivity index (χ0v) is 23.6. The highest BCUT2D eigenvalue weighted by molar-refractivity contribution is 8.00. The van der Waals surface area contributed by atoms with E-state index >= 15 is 0 Å². The average Bonchev–Trinajstić information content (AvgIpc) is 3.04. The van der Waals surface area contributed by atoms with Gasteiger partial charge < -0.3 is 16.0 Å². The van der Waals surface area contributed by atoms with Gasteiger partial charge in [-0.05, 0) is 48.0 Å². The Morgan fingerprint density at radius 1 is 0.535 bits per heavy atom. The first kappa shape index (κ1) is 27.7. The third kappa shape index (κ3) is 5.95. The Labute approximate surface area is 252 Å². The lowest BCUT2D eigenvalue weighted by Crippen LogP contribution is -2.25. The minimum Gasteiger partial charge on any atom is -0.324 e. The number of anilines is 3. The van der Waals surface area contributed by atoms with Gasteiger partial charge in [0, 0.05) is 33.0 Å². The van der Waals surface area contributed by atoms with Crippen LogP contribution in [0.5, 0.6) is 0 Å². The molecule has 1 unspecified atom stereocenters. The van der Waals surface area contributed by atoms with Gasteiger partial charge in [-0.2, -0.15) is 0 Å². The molecule has 7 nitrogen and oxygen atoms in total. The second kappa shape index (κ2) is 12.2. The van der Waals surface area contributed by atoms with Crippen molar-refractivity contribution < 1.29 is 19.2 Å². The second-order valence-electron chi connectivity index (χ2n) is 9.80. The van der Waals surface area contributed by atoms with Gasteiger partial charge in [-0.1, -0.05) is 84.9 Å². The number of carbonyl (C=O) groups is 4. The lowest BCUT2D eigenvalue weighted by atomic mass is 9.83. The molecule has 5 aromatic carbocycles. The number of hydrogen-bond donors (Lipinski definition) is 3. The molecule has 0 heterocycles. The van der Waals surface area contributed by atoms with E-state index in [0.717, 1.165) is 10.5 Å². The molecule has 0 aromatic heterocycles. The zero-order valence-electron chi connectivity index (χ0n) is 22.7. The van der Waals surface area contributed by atoms with E-state index in [1.54, 1.807) is 66.7 Å². The van der Waals surface area contributed by atoms with Crippen LogP contribution in [0.3, 0.4) is 0 Å². The minimum absolute atomic E-state index is 0.195. The van der Waals surface area contributed by atoms with Gasteiger partial charge in [0.05, 0.1) is 11.3 Å². The predicted molar refractivity (Wildman–Crippen MR) is 169 cm³/mol. The molecule has 0 saturated carbocycles. The standard InChI is InChI=1S/C35H25N3O4S/c39-31-26-14-7-8-15-27(26)32(40)30-28(31)16-9-17-29(30)38-34(41)33(22-10-3-1-4-11-22)43-25-20-18-24(19-21-25)37-35(42)36-23-12-5-2-6-13-23/h1-21,33H,(H,38,41)(H2,36,37,42). The number of ketones is 2. The molecule has 0 spiro atoms. The van der Waals surface area contributed by atoms with Crippen LogP contribution in [0.1, 0.15) is 42.7 Å². The Kier molecular flexibility index (Phi) is 7.84. The molecular weight excluding hydrogens is 558 g/mol. The second-order valence-corrected chi connectivity index (χ2v) is 11.0. The molecule has 8 heteroatoms. The van der Waals surface area contributed by atoms with E-state index in [9.17, 15) is 19.2 Å². The summed E-state index contributed by atoms with van der Waals surface area (Å²) < 4.78 is 0. The number of carbonyl (C=O) groups excluding carboxylic acids is 4. The lowest BCUT2D eigenvalue weighted by molar-refractivity contribution is -0.115. The zero-order chi connectivity index (χ0) is 29.8. The monoisotopic (exact) mass is 583 g/mol. The van der Waals surface area contributed by atoms with E-state index in [0.29, 0.717) is 28.2 Å². The van der Waals surface area contributed by atoms with Crippen molar-refractivity contribution in [3.05, 3.63) is 155 Å². The van der Waals surface area contributed by atoms with Gasteiger partial charge in [0.15, 0.2) is 11.6 Å². The summed E-state index contributed by atoms with van der Waals surface area (Å²) in [7, 11) is 0. The van der Waals surface area contributed by atoms with Crippen LogP contribution < -0.4 is 16.0 Å². The maximum atomic E-state index is 13.8. The fourth-order valence-electron chi connectivity index (χ4n) is 4.92. The van der Waals surface area contributed by atoms with Crippen molar-refractivity contribution in [2.45, 2.75) is 10.1 Å². The third-order valence-corrected chi connectivity index (χ3v) is 8.21. The number of thioether (sulfide) groups is 1. The highest BCUT2D eigenvalue weighted by atomic mass is 32.2. The third-order valence-electron chi connectivity index (χ3n) is 6.95. The maximum Gasteiger partial charge on any atom is 0.323 e. The van der Waals surface area contributed by atoms with E-state index in [1.165, 1.54) is 11.8 Å². The van der Waals surface area contributed by atoms with Crippen LogP contribution in [0.15, 0.2) is 132 Å². The number of rotatable bonds is 7. The molecule has 43 heavy (non-hydrogen) atoms. The SMILES string of the molecule is O=C(Nc1ccccc1)Nc1ccc(SC(C(=O)Nc2cccc3c2C(=O)c2ccccc2C3=O)c2ccccc2)cc1. The average molecular weight is 584 g/mol. The predicted octanol–water partition coefficient (Wildman–Crippen LogP) is 7.58. The minimum atomic E-state index is -0.668. The summed E-state index contributed by atoms with van der Waals surface area (Å²) in [4.78, 5) is 53.6. The summed E-state index contributed by atoms with van der Waals surface area (Å²) >= 11 is 1.33. The van der Waals surface area contributed by atoms with Gasteiger partial charge in [0.1, 0.15) is 5.25 Å². The molecule has 0 bridgehead atoms. The first-order valence-electron chi connectivity index (χ1n) is 13.5. The first-order valence-corrected chi connectivity index (χ1v) is 14.4. The van der Waals surface area contributed by atoms with Crippen molar-refractivity contribution in [3.63, 3.8) is 0 Å². The molecule has 3 amide bonds. The molecule has 1 aliphatic carbocycles. The molecule has 0 saturated heterocycles. The van der Waals surface area contributed by atoms with E-state index in [1.807, 2.05) is 60.7 Å². The van der Waals surface area contributed by atoms with Crippen LogP contribution in [0.4, 0.5) is 21.9 Å². The number of hydrogen-bond acceptors (Lipinski definition) is 5. The number of urea groups is 1. The smallest absolute Gasteiger partial charge is 0.323 e. The van der Waals surface area contributed by atoms with E-state index in [4.69, 9.17) is 0 Å². The first-order chi connectivity index (χ1) is 21.0. The molecule has 0 radical (unpaired) electrons. The van der Waals surface area contributed by atoms with E-state index in [-0.39, 0.29) is 34.6 Å².